The fourth-order valence-electron chi connectivity index (χ4n) is 2.33. The lowest BCUT2D eigenvalue weighted by Gasteiger charge is -2.31. The van der Waals surface area contributed by atoms with E-state index in [1.165, 1.54) is 5.56 Å². The van der Waals surface area contributed by atoms with Gasteiger partial charge in [0.1, 0.15) is 5.75 Å². The molecule has 0 aromatic heterocycles. The van der Waals surface area contributed by atoms with E-state index in [2.05, 4.69) is 38.1 Å². The molecule has 0 fully saturated rings. The van der Waals surface area contributed by atoms with Gasteiger partial charge in [-0.3, -0.25) is 0 Å². The SMILES string of the molecule is CCOc1ccc(C(Cl)C(C)(C)c2ccccc2)cc1. The lowest BCUT2D eigenvalue weighted by Crippen LogP contribution is -2.23. The number of rotatable bonds is 5. The van der Waals surface area contributed by atoms with Gasteiger partial charge >= 0.3 is 0 Å². The van der Waals surface area contributed by atoms with Crippen LogP contribution in [-0.4, -0.2) is 6.61 Å². The summed E-state index contributed by atoms with van der Waals surface area (Å²) in [4.78, 5) is 0. The van der Waals surface area contributed by atoms with Crippen LogP contribution < -0.4 is 4.74 Å². The van der Waals surface area contributed by atoms with E-state index in [-0.39, 0.29) is 10.8 Å². The second kappa shape index (κ2) is 6.32. The molecule has 0 spiro atoms. The van der Waals surface area contributed by atoms with E-state index in [0.29, 0.717) is 6.61 Å². The first kappa shape index (κ1) is 14.9. The minimum Gasteiger partial charge on any atom is -0.494 e. The van der Waals surface area contributed by atoms with Crippen LogP contribution in [0.1, 0.15) is 37.3 Å². The van der Waals surface area contributed by atoms with Crippen LogP contribution in [0, 0.1) is 0 Å². The zero-order valence-electron chi connectivity index (χ0n) is 12.3. The van der Waals surface area contributed by atoms with Crippen molar-refractivity contribution in [3.63, 3.8) is 0 Å². The quantitative estimate of drug-likeness (QED) is 0.675. The molecule has 1 nitrogen and oxygen atoms in total. The van der Waals surface area contributed by atoms with Gasteiger partial charge in [-0.2, -0.15) is 0 Å². The summed E-state index contributed by atoms with van der Waals surface area (Å²) < 4.78 is 5.47. The number of hydrogen-bond donors (Lipinski definition) is 0. The maximum atomic E-state index is 6.72. The molecular formula is C18H21ClO. The maximum absolute atomic E-state index is 6.72. The highest BCUT2D eigenvalue weighted by Gasteiger charge is 2.30. The molecule has 0 heterocycles. The smallest absolute Gasteiger partial charge is 0.119 e. The number of benzene rings is 2. The van der Waals surface area contributed by atoms with E-state index in [0.717, 1.165) is 11.3 Å². The monoisotopic (exact) mass is 288 g/mol. The number of hydrogen-bond acceptors (Lipinski definition) is 1. The minimum absolute atomic E-state index is 0.0828. The van der Waals surface area contributed by atoms with Crippen molar-refractivity contribution < 1.29 is 4.74 Å². The third-order valence-electron chi connectivity index (χ3n) is 3.64. The van der Waals surface area contributed by atoms with E-state index in [4.69, 9.17) is 16.3 Å². The summed E-state index contributed by atoms with van der Waals surface area (Å²) in [6.07, 6.45) is 0. The Hall–Kier alpha value is -1.47. The minimum atomic E-state index is -0.129. The highest BCUT2D eigenvalue weighted by atomic mass is 35.5. The molecule has 2 aromatic carbocycles. The topological polar surface area (TPSA) is 9.23 Å². The largest absolute Gasteiger partial charge is 0.494 e. The van der Waals surface area contributed by atoms with Crippen LogP contribution in [-0.2, 0) is 5.41 Å². The zero-order chi connectivity index (χ0) is 14.6. The number of ether oxygens (including phenoxy) is 1. The summed E-state index contributed by atoms with van der Waals surface area (Å²) in [5.74, 6) is 0.887. The van der Waals surface area contributed by atoms with Gasteiger partial charge in [0.2, 0.25) is 0 Å². The fourth-order valence-corrected chi connectivity index (χ4v) is 2.60. The Labute approximate surface area is 126 Å². The highest BCUT2D eigenvalue weighted by Crippen LogP contribution is 2.41. The van der Waals surface area contributed by atoms with Crippen molar-refractivity contribution in [2.24, 2.45) is 0 Å². The molecule has 1 unspecified atom stereocenters. The van der Waals surface area contributed by atoms with Crippen LogP contribution in [0.25, 0.3) is 0 Å². The summed E-state index contributed by atoms with van der Waals surface area (Å²) in [6, 6.07) is 18.5. The highest BCUT2D eigenvalue weighted by molar-refractivity contribution is 6.21. The van der Waals surface area contributed by atoms with E-state index in [1.54, 1.807) is 0 Å². The molecule has 0 aliphatic carbocycles. The summed E-state index contributed by atoms with van der Waals surface area (Å²) >= 11 is 6.72. The van der Waals surface area contributed by atoms with Crippen molar-refractivity contribution >= 4 is 11.6 Å². The number of alkyl halides is 1. The van der Waals surface area contributed by atoms with Gasteiger partial charge in [0, 0.05) is 5.41 Å². The van der Waals surface area contributed by atoms with Crippen molar-refractivity contribution in [3.8, 4) is 5.75 Å². The van der Waals surface area contributed by atoms with Crippen LogP contribution >= 0.6 is 11.6 Å². The van der Waals surface area contributed by atoms with E-state index < -0.39 is 0 Å². The van der Waals surface area contributed by atoms with Crippen molar-refractivity contribution in [2.75, 3.05) is 6.61 Å². The first-order valence-corrected chi connectivity index (χ1v) is 7.41. The van der Waals surface area contributed by atoms with Gasteiger partial charge in [-0.15, -0.1) is 11.6 Å². The first-order chi connectivity index (χ1) is 9.55. The molecule has 0 saturated carbocycles. The Morgan fingerprint density at radius 3 is 2.15 bits per heavy atom. The lowest BCUT2D eigenvalue weighted by molar-refractivity contribution is 0.340. The molecule has 0 aliphatic rings. The van der Waals surface area contributed by atoms with E-state index in [1.807, 2.05) is 37.3 Å². The summed E-state index contributed by atoms with van der Waals surface area (Å²) in [5, 5.41) is -0.0828. The maximum Gasteiger partial charge on any atom is 0.119 e. The van der Waals surface area contributed by atoms with Crippen LogP contribution in [0.2, 0.25) is 0 Å². The fraction of sp³-hybridized carbons (Fsp3) is 0.333. The van der Waals surface area contributed by atoms with Crippen molar-refractivity contribution in [3.05, 3.63) is 65.7 Å². The van der Waals surface area contributed by atoms with Crippen LogP contribution in [0.4, 0.5) is 0 Å². The van der Waals surface area contributed by atoms with Gasteiger partial charge < -0.3 is 4.74 Å². The zero-order valence-corrected chi connectivity index (χ0v) is 13.0. The summed E-state index contributed by atoms with van der Waals surface area (Å²) in [6.45, 7) is 7.02. The Morgan fingerprint density at radius 2 is 1.60 bits per heavy atom. The Bertz CT molecular complexity index is 531. The molecule has 0 N–H and O–H groups in total. The molecule has 0 radical (unpaired) electrons. The van der Waals surface area contributed by atoms with Crippen molar-refractivity contribution in [1.82, 2.24) is 0 Å². The lowest BCUT2D eigenvalue weighted by atomic mass is 9.79. The molecule has 0 saturated heterocycles. The average molecular weight is 289 g/mol. The Balaban J connectivity index is 2.23. The van der Waals surface area contributed by atoms with Gasteiger partial charge in [-0.25, -0.2) is 0 Å². The molecule has 2 rings (SSSR count). The van der Waals surface area contributed by atoms with Gasteiger partial charge in [-0.05, 0) is 30.2 Å². The molecule has 2 aromatic rings. The predicted octanol–water partition coefficient (Wildman–Crippen LogP) is 5.34. The van der Waals surface area contributed by atoms with Gasteiger partial charge in [0.25, 0.3) is 0 Å². The number of halogens is 1. The normalized spacial score (nSPS) is 13.0. The first-order valence-electron chi connectivity index (χ1n) is 6.98. The van der Waals surface area contributed by atoms with Crippen LogP contribution in [0.15, 0.2) is 54.6 Å². The standard InChI is InChI=1S/C18H21ClO/c1-4-20-16-12-10-14(11-13-16)17(19)18(2,3)15-8-6-5-7-9-15/h5-13,17H,4H2,1-3H3. The predicted molar refractivity (Wildman–Crippen MR) is 85.7 cm³/mol. The Kier molecular flexibility index (Phi) is 4.72. The van der Waals surface area contributed by atoms with Crippen molar-refractivity contribution in [1.29, 1.82) is 0 Å². The molecule has 0 bridgehead atoms. The third kappa shape index (κ3) is 3.16. The molecule has 2 heteroatoms. The van der Waals surface area contributed by atoms with Crippen LogP contribution in [0.5, 0.6) is 5.75 Å². The van der Waals surface area contributed by atoms with E-state index >= 15 is 0 Å². The van der Waals surface area contributed by atoms with Gasteiger partial charge in [0.15, 0.2) is 0 Å². The second-order valence-electron chi connectivity index (χ2n) is 5.45. The van der Waals surface area contributed by atoms with Gasteiger partial charge in [-0.1, -0.05) is 56.3 Å². The molecule has 106 valence electrons. The average Bonchev–Trinajstić information content (AvgIpc) is 2.48. The molecule has 0 aliphatic heterocycles. The summed E-state index contributed by atoms with van der Waals surface area (Å²) in [5.41, 5.74) is 2.23. The molecule has 0 amide bonds. The summed E-state index contributed by atoms with van der Waals surface area (Å²) in [7, 11) is 0. The van der Waals surface area contributed by atoms with E-state index in [9.17, 15) is 0 Å². The Morgan fingerprint density at radius 1 is 1.00 bits per heavy atom. The molecular weight excluding hydrogens is 268 g/mol. The molecule has 20 heavy (non-hydrogen) atoms. The van der Waals surface area contributed by atoms with Gasteiger partial charge in [0.05, 0.1) is 12.0 Å². The van der Waals surface area contributed by atoms with Crippen LogP contribution in [0.3, 0.4) is 0 Å². The molecule has 1 atom stereocenters. The van der Waals surface area contributed by atoms with Crippen molar-refractivity contribution in [2.45, 2.75) is 31.6 Å². The third-order valence-corrected chi connectivity index (χ3v) is 4.43. The second-order valence-corrected chi connectivity index (χ2v) is 5.89.